The van der Waals surface area contributed by atoms with Crippen LogP contribution in [0.3, 0.4) is 0 Å². The Hall–Kier alpha value is -0.370. The number of rotatable bonds is 5. The Labute approximate surface area is 94.0 Å². The van der Waals surface area contributed by atoms with Gasteiger partial charge in [0.05, 0.1) is 0 Å². The maximum atomic E-state index is 11.6. The predicted octanol–water partition coefficient (Wildman–Crippen LogP) is 2.72. The largest absolute Gasteiger partial charge is 0.300 e. The summed E-state index contributed by atoms with van der Waals surface area (Å²) in [5.74, 6) is 1.50. The molecule has 1 aliphatic rings. The van der Waals surface area contributed by atoms with Gasteiger partial charge in [0.15, 0.2) is 0 Å². The smallest absolute Gasteiger partial charge is 0.137 e. The molecule has 2 nitrogen and oxygen atoms in total. The Kier molecular flexibility index (Phi) is 4.78. The molecule has 0 bridgehead atoms. The molecule has 1 unspecified atom stereocenters. The minimum Gasteiger partial charge on any atom is -0.300 e. The normalized spacial score (nSPS) is 22.3. The van der Waals surface area contributed by atoms with Crippen LogP contribution in [0.4, 0.5) is 0 Å². The van der Waals surface area contributed by atoms with Crippen LogP contribution in [-0.2, 0) is 4.79 Å². The average Bonchev–Trinajstić information content (AvgIpc) is 2.50. The van der Waals surface area contributed by atoms with Crippen molar-refractivity contribution in [3.63, 3.8) is 0 Å². The van der Waals surface area contributed by atoms with E-state index in [2.05, 4.69) is 32.6 Å². The molecule has 0 radical (unpaired) electrons. The molecule has 1 atom stereocenters. The molecule has 0 aromatic carbocycles. The number of carbonyl (C=O) groups excluding carboxylic acids is 1. The van der Waals surface area contributed by atoms with Crippen LogP contribution >= 0.6 is 0 Å². The van der Waals surface area contributed by atoms with Gasteiger partial charge < -0.3 is 0 Å². The third-order valence-corrected chi connectivity index (χ3v) is 3.22. The third kappa shape index (κ3) is 3.94. The Morgan fingerprint density at radius 1 is 1.33 bits per heavy atom. The standard InChI is InChI=1S/C13H25NO/c1-10(2)8-14(11(3)4)9-12-6-5-7-13(12)15/h10-12H,5-9H2,1-4H3. The van der Waals surface area contributed by atoms with Crippen molar-refractivity contribution in [3.05, 3.63) is 0 Å². The molecule has 0 N–H and O–H groups in total. The predicted molar refractivity (Wildman–Crippen MR) is 63.9 cm³/mol. The van der Waals surface area contributed by atoms with Crippen molar-refractivity contribution in [1.29, 1.82) is 0 Å². The van der Waals surface area contributed by atoms with E-state index in [1.54, 1.807) is 0 Å². The molecular weight excluding hydrogens is 186 g/mol. The zero-order valence-electron chi connectivity index (χ0n) is 10.6. The molecule has 1 saturated carbocycles. The Morgan fingerprint density at radius 3 is 2.40 bits per heavy atom. The lowest BCUT2D eigenvalue weighted by Gasteiger charge is -2.30. The molecule has 2 heteroatoms. The lowest BCUT2D eigenvalue weighted by molar-refractivity contribution is -0.121. The van der Waals surface area contributed by atoms with Crippen molar-refractivity contribution in [2.45, 2.75) is 53.0 Å². The lowest BCUT2D eigenvalue weighted by Crippen LogP contribution is -2.38. The third-order valence-electron chi connectivity index (χ3n) is 3.22. The summed E-state index contributed by atoms with van der Waals surface area (Å²) in [7, 11) is 0. The summed E-state index contributed by atoms with van der Waals surface area (Å²) < 4.78 is 0. The van der Waals surface area contributed by atoms with Crippen molar-refractivity contribution >= 4 is 5.78 Å². The van der Waals surface area contributed by atoms with E-state index in [4.69, 9.17) is 0 Å². The van der Waals surface area contributed by atoms with Crippen molar-refractivity contribution in [3.8, 4) is 0 Å². The number of hydrogen-bond acceptors (Lipinski definition) is 2. The zero-order valence-corrected chi connectivity index (χ0v) is 10.6. The van der Waals surface area contributed by atoms with E-state index >= 15 is 0 Å². The quantitative estimate of drug-likeness (QED) is 0.697. The fourth-order valence-corrected chi connectivity index (χ4v) is 2.33. The molecule has 0 amide bonds. The average molecular weight is 211 g/mol. The maximum absolute atomic E-state index is 11.6. The van der Waals surface area contributed by atoms with E-state index in [0.29, 0.717) is 23.7 Å². The summed E-state index contributed by atoms with van der Waals surface area (Å²) in [6, 6.07) is 0.556. The van der Waals surface area contributed by atoms with Crippen LogP contribution in [0.15, 0.2) is 0 Å². The molecule has 1 fully saturated rings. The lowest BCUT2D eigenvalue weighted by atomic mass is 10.0. The number of hydrogen-bond donors (Lipinski definition) is 0. The van der Waals surface area contributed by atoms with E-state index in [-0.39, 0.29) is 0 Å². The summed E-state index contributed by atoms with van der Waals surface area (Å²) in [5.41, 5.74) is 0. The monoisotopic (exact) mass is 211 g/mol. The van der Waals surface area contributed by atoms with Gasteiger partial charge in [-0.05, 0) is 32.6 Å². The Balaban J connectivity index is 2.46. The van der Waals surface area contributed by atoms with Crippen molar-refractivity contribution in [2.75, 3.05) is 13.1 Å². The van der Waals surface area contributed by atoms with Crippen molar-refractivity contribution in [1.82, 2.24) is 4.90 Å². The van der Waals surface area contributed by atoms with Crippen molar-refractivity contribution in [2.24, 2.45) is 11.8 Å². The fourth-order valence-electron chi connectivity index (χ4n) is 2.33. The van der Waals surface area contributed by atoms with Gasteiger partial charge in [0.25, 0.3) is 0 Å². The van der Waals surface area contributed by atoms with Gasteiger partial charge in [0, 0.05) is 31.5 Å². The molecule has 0 aromatic rings. The highest BCUT2D eigenvalue weighted by molar-refractivity contribution is 5.83. The van der Waals surface area contributed by atoms with Crippen LogP contribution < -0.4 is 0 Å². The van der Waals surface area contributed by atoms with Gasteiger partial charge in [-0.3, -0.25) is 9.69 Å². The van der Waals surface area contributed by atoms with Gasteiger partial charge in [-0.25, -0.2) is 0 Å². The molecule has 0 aromatic heterocycles. The first-order valence-electron chi connectivity index (χ1n) is 6.27. The van der Waals surface area contributed by atoms with Gasteiger partial charge in [-0.1, -0.05) is 13.8 Å². The summed E-state index contributed by atoms with van der Waals surface area (Å²) in [6.45, 7) is 11.0. The van der Waals surface area contributed by atoms with Gasteiger partial charge >= 0.3 is 0 Å². The summed E-state index contributed by atoms with van der Waals surface area (Å²) in [6.07, 6.45) is 3.04. The van der Waals surface area contributed by atoms with Crippen LogP contribution in [0.2, 0.25) is 0 Å². The molecule has 0 heterocycles. The summed E-state index contributed by atoms with van der Waals surface area (Å²) in [4.78, 5) is 14.0. The summed E-state index contributed by atoms with van der Waals surface area (Å²) in [5, 5.41) is 0. The van der Waals surface area contributed by atoms with Gasteiger partial charge in [-0.2, -0.15) is 0 Å². The number of ketones is 1. The molecule has 15 heavy (non-hydrogen) atoms. The van der Waals surface area contributed by atoms with E-state index in [1.807, 2.05) is 0 Å². The van der Waals surface area contributed by atoms with Gasteiger partial charge in [-0.15, -0.1) is 0 Å². The van der Waals surface area contributed by atoms with E-state index in [1.165, 1.54) is 0 Å². The van der Waals surface area contributed by atoms with Crippen LogP contribution in [0, 0.1) is 11.8 Å². The first kappa shape index (κ1) is 12.7. The second-order valence-electron chi connectivity index (χ2n) is 5.50. The Morgan fingerprint density at radius 2 is 2.00 bits per heavy atom. The minimum atomic E-state index is 0.325. The topological polar surface area (TPSA) is 20.3 Å². The maximum Gasteiger partial charge on any atom is 0.137 e. The van der Waals surface area contributed by atoms with Crippen LogP contribution in [0.5, 0.6) is 0 Å². The highest BCUT2D eigenvalue weighted by Gasteiger charge is 2.27. The fraction of sp³-hybridized carbons (Fsp3) is 0.923. The molecule has 0 saturated heterocycles. The number of nitrogens with zero attached hydrogens (tertiary/aromatic N) is 1. The minimum absolute atomic E-state index is 0.325. The van der Waals surface area contributed by atoms with Crippen LogP contribution in [0.25, 0.3) is 0 Å². The van der Waals surface area contributed by atoms with E-state index < -0.39 is 0 Å². The highest BCUT2D eigenvalue weighted by atomic mass is 16.1. The Bertz CT molecular complexity index is 211. The molecule has 0 spiro atoms. The summed E-state index contributed by atoms with van der Waals surface area (Å²) >= 11 is 0. The molecular formula is C13H25NO. The van der Waals surface area contributed by atoms with Crippen LogP contribution in [-0.4, -0.2) is 29.8 Å². The first-order chi connectivity index (χ1) is 7.00. The van der Waals surface area contributed by atoms with Crippen LogP contribution in [0.1, 0.15) is 47.0 Å². The van der Waals surface area contributed by atoms with Crippen molar-refractivity contribution < 1.29 is 4.79 Å². The SMILES string of the molecule is CC(C)CN(CC1CCCC1=O)C(C)C. The van der Waals surface area contributed by atoms with Gasteiger partial charge in [0.2, 0.25) is 0 Å². The second-order valence-corrected chi connectivity index (χ2v) is 5.50. The number of Topliss-reactive ketones (excluding diaryl/α,β-unsaturated/α-hetero) is 1. The second kappa shape index (κ2) is 5.64. The van der Waals surface area contributed by atoms with E-state index in [0.717, 1.165) is 32.4 Å². The molecule has 0 aliphatic heterocycles. The molecule has 1 aliphatic carbocycles. The number of carbonyl (C=O) groups is 1. The first-order valence-corrected chi connectivity index (χ1v) is 6.27. The van der Waals surface area contributed by atoms with E-state index in [9.17, 15) is 4.79 Å². The zero-order chi connectivity index (χ0) is 11.4. The van der Waals surface area contributed by atoms with Gasteiger partial charge in [0.1, 0.15) is 5.78 Å². The highest BCUT2D eigenvalue weighted by Crippen LogP contribution is 2.23. The molecule has 1 rings (SSSR count). The molecule has 88 valence electrons.